The van der Waals surface area contributed by atoms with E-state index in [4.69, 9.17) is 0 Å². The van der Waals surface area contributed by atoms with Gasteiger partial charge in [0.25, 0.3) is 11.5 Å². The Hall–Kier alpha value is -4.28. The Morgan fingerprint density at radius 3 is 2.71 bits per heavy atom. The summed E-state index contributed by atoms with van der Waals surface area (Å²) in [5.74, 6) is 0.266. The normalized spacial score (nSPS) is 17.0. The number of nitrogens with zero attached hydrogens (tertiary/aromatic N) is 5. The molecule has 1 fully saturated rings. The van der Waals surface area contributed by atoms with Gasteiger partial charge in [-0.05, 0) is 25.1 Å². The average Bonchev–Trinajstić information content (AvgIpc) is 3.38. The van der Waals surface area contributed by atoms with Crippen molar-refractivity contribution in [3.8, 4) is 0 Å². The number of hydrogen-bond acceptors (Lipinski definition) is 7. The molecule has 11 heteroatoms. The van der Waals surface area contributed by atoms with E-state index in [0.29, 0.717) is 29.4 Å². The molecule has 0 aliphatic heterocycles. The molecular formula is C24H29FN8O2. The highest BCUT2D eigenvalue weighted by Gasteiger charge is 2.39. The van der Waals surface area contributed by atoms with Crippen molar-refractivity contribution in [2.75, 3.05) is 17.7 Å². The van der Waals surface area contributed by atoms with Crippen molar-refractivity contribution < 1.29 is 9.18 Å². The average molecular weight is 481 g/mol. The van der Waals surface area contributed by atoms with Crippen LogP contribution in [0.5, 0.6) is 0 Å². The summed E-state index contributed by atoms with van der Waals surface area (Å²) in [6.07, 6.45) is 6.98. The molecule has 10 nitrogen and oxygen atoms in total. The van der Waals surface area contributed by atoms with Crippen LogP contribution in [0.1, 0.15) is 37.7 Å². The smallest absolute Gasteiger partial charge is 0.279 e. The molecule has 2 atom stereocenters. The predicted molar refractivity (Wildman–Crippen MR) is 137 cm³/mol. The summed E-state index contributed by atoms with van der Waals surface area (Å²) < 4.78 is 16.0. The number of pyridine rings is 1. The Bertz CT molecular complexity index is 1340. The SMILES string of the molecule is C=C/C=N\C(=C/C)n1cccc(Nc2cc(NC)c3ncc(C(=O)NC4CC4F)n3n2)c1=O.CC. The van der Waals surface area contributed by atoms with Gasteiger partial charge in [-0.3, -0.25) is 14.2 Å². The molecule has 1 amide bonds. The highest BCUT2D eigenvalue weighted by Crippen LogP contribution is 2.26. The maximum atomic E-state index is 13.2. The van der Waals surface area contributed by atoms with Crippen molar-refractivity contribution in [3.05, 3.63) is 65.4 Å². The van der Waals surface area contributed by atoms with Gasteiger partial charge in [-0.1, -0.05) is 26.5 Å². The summed E-state index contributed by atoms with van der Waals surface area (Å²) in [6, 6.07) is 4.50. The minimum absolute atomic E-state index is 0.157. The zero-order chi connectivity index (χ0) is 25.5. The number of carbonyl (C=O) groups is 1. The van der Waals surface area contributed by atoms with Crippen LogP contribution in [0.25, 0.3) is 11.5 Å². The number of imidazole rings is 1. The van der Waals surface area contributed by atoms with Gasteiger partial charge in [0.1, 0.15) is 17.7 Å². The van der Waals surface area contributed by atoms with Gasteiger partial charge < -0.3 is 16.0 Å². The third-order valence-electron chi connectivity index (χ3n) is 5.03. The summed E-state index contributed by atoms with van der Waals surface area (Å²) in [7, 11) is 1.71. The molecule has 0 bridgehead atoms. The standard InChI is InChI=1S/C22H23FN8O2.C2H6/c1-4-8-25-19(5-2)30-9-6-7-14(22(30)33)27-18-11-16(24-3)20-26-12-17(31(20)29-18)21(32)28-15-10-13(15)23;1-2/h4-9,11-13,15,24H,1,10H2,2-3H3,(H,27,29)(H,28,32);1-2H3/b19-5+,25-8-;. The van der Waals surface area contributed by atoms with Gasteiger partial charge in [0, 0.05) is 31.9 Å². The minimum atomic E-state index is -1.02. The number of aliphatic imine (C=N–C) groups is 1. The molecule has 3 aromatic rings. The fourth-order valence-corrected chi connectivity index (χ4v) is 3.24. The Kier molecular flexibility index (Phi) is 8.13. The molecule has 2 unspecified atom stereocenters. The van der Waals surface area contributed by atoms with E-state index in [1.807, 2.05) is 13.8 Å². The Morgan fingerprint density at radius 1 is 1.34 bits per heavy atom. The lowest BCUT2D eigenvalue weighted by Gasteiger charge is -2.12. The van der Waals surface area contributed by atoms with Gasteiger partial charge in [0.05, 0.1) is 17.9 Å². The van der Waals surface area contributed by atoms with Gasteiger partial charge in [0.2, 0.25) is 0 Å². The number of alkyl halides is 1. The number of fused-ring (bicyclic) bond motifs is 1. The molecule has 0 spiro atoms. The van der Waals surface area contributed by atoms with Gasteiger partial charge in [0.15, 0.2) is 17.2 Å². The van der Waals surface area contributed by atoms with Crippen LogP contribution in [-0.2, 0) is 0 Å². The fraction of sp³-hybridized carbons (Fsp3) is 0.292. The quantitative estimate of drug-likeness (QED) is 0.424. The largest absolute Gasteiger partial charge is 0.385 e. The van der Waals surface area contributed by atoms with Crippen LogP contribution in [-0.4, -0.2) is 50.5 Å². The molecule has 1 aliphatic rings. The first-order valence-corrected chi connectivity index (χ1v) is 11.3. The minimum Gasteiger partial charge on any atom is -0.385 e. The highest BCUT2D eigenvalue weighted by atomic mass is 19.1. The van der Waals surface area contributed by atoms with E-state index in [1.54, 1.807) is 44.4 Å². The lowest BCUT2D eigenvalue weighted by atomic mass is 10.3. The van der Waals surface area contributed by atoms with E-state index in [-0.39, 0.29) is 16.9 Å². The zero-order valence-electron chi connectivity index (χ0n) is 20.1. The van der Waals surface area contributed by atoms with Crippen LogP contribution >= 0.6 is 0 Å². The second-order valence-electron chi connectivity index (χ2n) is 7.29. The number of anilines is 3. The molecule has 1 saturated carbocycles. The number of allylic oxidation sites excluding steroid dienone is 2. The molecule has 3 heterocycles. The molecule has 3 N–H and O–H groups in total. The van der Waals surface area contributed by atoms with E-state index in [2.05, 4.69) is 37.6 Å². The molecule has 184 valence electrons. The second kappa shape index (κ2) is 11.2. The van der Waals surface area contributed by atoms with E-state index < -0.39 is 18.1 Å². The number of amides is 1. The van der Waals surface area contributed by atoms with Crippen molar-refractivity contribution in [2.24, 2.45) is 4.99 Å². The van der Waals surface area contributed by atoms with Gasteiger partial charge in [-0.2, -0.15) is 0 Å². The van der Waals surface area contributed by atoms with Gasteiger partial charge in [-0.25, -0.2) is 18.9 Å². The predicted octanol–water partition coefficient (Wildman–Crippen LogP) is 3.62. The van der Waals surface area contributed by atoms with E-state index in [1.165, 1.54) is 27.6 Å². The molecular weight excluding hydrogens is 451 g/mol. The first-order chi connectivity index (χ1) is 17.0. The molecule has 3 aromatic heterocycles. The maximum absolute atomic E-state index is 13.2. The lowest BCUT2D eigenvalue weighted by Crippen LogP contribution is -2.28. The van der Waals surface area contributed by atoms with Crippen molar-refractivity contribution in [1.29, 1.82) is 0 Å². The summed E-state index contributed by atoms with van der Waals surface area (Å²) in [4.78, 5) is 34.1. The first kappa shape index (κ1) is 25.3. The van der Waals surface area contributed by atoms with Crippen LogP contribution < -0.4 is 21.5 Å². The second-order valence-corrected chi connectivity index (χ2v) is 7.29. The molecule has 4 rings (SSSR count). The molecule has 35 heavy (non-hydrogen) atoms. The van der Waals surface area contributed by atoms with Gasteiger partial charge in [-0.15, -0.1) is 5.10 Å². The topological polar surface area (TPSA) is 118 Å². The van der Waals surface area contributed by atoms with E-state index >= 15 is 0 Å². The third-order valence-corrected chi connectivity index (χ3v) is 5.03. The highest BCUT2D eigenvalue weighted by molar-refractivity contribution is 5.94. The summed E-state index contributed by atoms with van der Waals surface area (Å²) in [6.45, 7) is 9.36. The number of nitrogens with one attached hydrogen (secondary N) is 3. The van der Waals surface area contributed by atoms with E-state index in [0.717, 1.165) is 0 Å². The molecule has 0 radical (unpaired) electrons. The monoisotopic (exact) mass is 480 g/mol. The third kappa shape index (κ3) is 5.45. The summed E-state index contributed by atoms with van der Waals surface area (Å²) >= 11 is 0. The summed E-state index contributed by atoms with van der Waals surface area (Å²) in [5.41, 5.74) is 1.07. The van der Waals surface area contributed by atoms with Crippen LogP contribution in [0.4, 0.5) is 21.6 Å². The van der Waals surface area contributed by atoms with E-state index in [9.17, 15) is 14.0 Å². The van der Waals surface area contributed by atoms with Crippen molar-refractivity contribution in [3.63, 3.8) is 0 Å². The van der Waals surface area contributed by atoms with Crippen molar-refractivity contribution in [2.45, 2.75) is 39.4 Å². The van der Waals surface area contributed by atoms with Crippen LogP contribution in [0.2, 0.25) is 0 Å². The summed E-state index contributed by atoms with van der Waals surface area (Å²) in [5, 5.41) is 13.1. The molecule has 1 aliphatic carbocycles. The van der Waals surface area contributed by atoms with Crippen molar-refractivity contribution in [1.82, 2.24) is 24.5 Å². The van der Waals surface area contributed by atoms with Gasteiger partial charge >= 0.3 is 0 Å². The Labute approximate surface area is 202 Å². The number of rotatable bonds is 8. The first-order valence-electron chi connectivity index (χ1n) is 11.3. The Morgan fingerprint density at radius 2 is 2.09 bits per heavy atom. The van der Waals surface area contributed by atoms with Crippen LogP contribution in [0, 0.1) is 0 Å². The van der Waals surface area contributed by atoms with Crippen LogP contribution in [0.15, 0.2) is 59.1 Å². The van der Waals surface area contributed by atoms with Crippen molar-refractivity contribution >= 4 is 40.8 Å². The van der Waals surface area contributed by atoms with Crippen LogP contribution in [0.3, 0.4) is 0 Å². The number of aromatic nitrogens is 4. The maximum Gasteiger partial charge on any atom is 0.279 e. The fourth-order valence-electron chi connectivity index (χ4n) is 3.24. The number of carbonyl (C=O) groups excluding carboxylic acids is 1. The Balaban J connectivity index is 0.00000167. The molecule has 0 saturated heterocycles. The lowest BCUT2D eigenvalue weighted by molar-refractivity contribution is 0.0940. The number of halogens is 1. The number of hydrogen-bond donors (Lipinski definition) is 3. The zero-order valence-corrected chi connectivity index (χ0v) is 20.1. The molecule has 0 aromatic carbocycles.